The highest BCUT2D eigenvalue weighted by Crippen LogP contribution is 2.50. The van der Waals surface area contributed by atoms with Gasteiger partial charge in [0.2, 0.25) is 0 Å². The molecule has 4 atom stereocenters. The molecule has 2 aliphatic rings. The zero-order valence-electron chi connectivity index (χ0n) is 11.7. The molecule has 2 saturated carbocycles. The molecule has 0 aliphatic heterocycles. The standard InChI is InChI=1S/C16H29N/c1-4-7-17-16(8-12(2)3)11-15-10-13-5-6-14(15)9-13/h13-17H,2,4-11H2,1,3H3. The number of fused-ring (bicyclic) bond motifs is 2. The molecule has 2 aliphatic carbocycles. The van der Waals surface area contributed by atoms with Crippen molar-refractivity contribution >= 4 is 0 Å². The second-order valence-corrected chi connectivity index (χ2v) is 6.48. The van der Waals surface area contributed by atoms with Crippen molar-refractivity contribution in [2.75, 3.05) is 6.54 Å². The first kappa shape index (κ1) is 13.1. The van der Waals surface area contributed by atoms with E-state index in [4.69, 9.17) is 0 Å². The van der Waals surface area contributed by atoms with Gasteiger partial charge in [-0.15, -0.1) is 6.58 Å². The van der Waals surface area contributed by atoms with Gasteiger partial charge >= 0.3 is 0 Å². The lowest BCUT2D eigenvalue weighted by Gasteiger charge is -2.27. The van der Waals surface area contributed by atoms with E-state index in [1.54, 1.807) is 0 Å². The Labute approximate surface area is 107 Å². The molecule has 0 heterocycles. The van der Waals surface area contributed by atoms with Crippen molar-refractivity contribution in [1.82, 2.24) is 5.32 Å². The topological polar surface area (TPSA) is 12.0 Å². The smallest absolute Gasteiger partial charge is 0.0107 e. The fourth-order valence-corrected chi connectivity index (χ4v) is 4.04. The van der Waals surface area contributed by atoms with Gasteiger partial charge in [0.15, 0.2) is 0 Å². The van der Waals surface area contributed by atoms with Gasteiger partial charge in [0.05, 0.1) is 0 Å². The third-order valence-corrected chi connectivity index (χ3v) is 4.75. The molecule has 1 heteroatoms. The Morgan fingerprint density at radius 3 is 2.71 bits per heavy atom. The Morgan fingerprint density at radius 1 is 1.35 bits per heavy atom. The maximum Gasteiger partial charge on any atom is 0.0107 e. The van der Waals surface area contributed by atoms with E-state index in [9.17, 15) is 0 Å². The maximum atomic E-state index is 4.09. The summed E-state index contributed by atoms with van der Waals surface area (Å²) in [4.78, 5) is 0. The lowest BCUT2D eigenvalue weighted by molar-refractivity contribution is 0.276. The van der Waals surface area contributed by atoms with Crippen LogP contribution in [0.4, 0.5) is 0 Å². The normalized spacial score (nSPS) is 32.9. The molecule has 4 unspecified atom stereocenters. The molecule has 1 N–H and O–H groups in total. The van der Waals surface area contributed by atoms with E-state index in [0.717, 1.165) is 17.8 Å². The Morgan fingerprint density at radius 2 is 2.18 bits per heavy atom. The van der Waals surface area contributed by atoms with Crippen LogP contribution in [0.5, 0.6) is 0 Å². The van der Waals surface area contributed by atoms with E-state index in [1.165, 1.54) is 57.1 Å². The molecular weight excluding hydrogens is 206 g/mol. The molecule has 0 aromatic heterocycles. The number of nitrogens with one attached hydrogen (secondary N) is 1. The number of hydrogen-bond donors (Lipinski definition) is 1. The fraction of sp³-hybridized carbons (Fsp3) is 0.875. The minimum absolute atomic E-state index is 0.691. The molecule has 0 saturated heterocycles. The second kappa shape index (κ2) is 6.04. The zero-order valence-corrected chi connectivity index (χ0v) is 11.7. The van der Waals surface area contributed by atoms with Crippen molar-refractivity contribution < 1.29 is 0 Å². The van der Waals surface area contributed by atoms with Crippen LogP contribution in [0.25, 0.3) is 0 Å². The molecule has 0 spiro atoms. The molecule has 0 amide bonds. The molecular formula is C16H29N. The summed E-state index contributed by atoms with van der Waals surface area (Å²) in [7, 11) is 0. The van der Waals surface area contributed by atoms with Crippen LogP contribution in [0.1, 0.15) is 58.8 Å². The van der Waals surface area contributed by atoms with Gasteiger partial charge in [0, 0.05) is 6.04 Å². The highest BCUT2D eigenvalue weighted by atomic mass is 14.9. The summed E-state index contributed by atoms with van der Waals surface area (Å²) < 4.78 is 0. The van der Waals surface area contributed by atoms with Gasteiger partial charge in [-0.2, -0.15) is 0 Å². The van der Waals surface area contributed by atoms with Crippen LogP contribution in [0, 0.1) is 17.8 Å². The van der Waals surface area contributed by atoms with Crippen molar-refractivity contribution in [1.29, 1.82) is 0 Å². The highest BCUT2D eigenvalue weighted by Gasteiger charge is 2.39. The molecule has 2 fully saturated rings. The van der Waals surface area contributed by atoms with Gasteiger partial charge in [-0.3, -0.25) is 0 Å². The minimum Gasteiger partial charge on any atom is -0.314 e. The van der Waals surface area contributed by atoms with Crippen LogP contribution in [-0.2, 0) is 0 Å². The Kier molecular flexibility index (Phi) is 4.67. The van der Waals surface area contributed by atoms with Crippen LogP contribution >= 0.6 is 0 Å². The molecule has 17 heavy (non-hydrogen) atoms. The van der Waals surface area contributed by atoms with Gasteiger partial charge in [-0.05, 0) is 69.7 Å². The van der Waals surface area contributed by atoms with Gasteiger partial charge in [0.25, 0.3) is 0 Å². The van der Waals surface area contributed by atoms with Crippen LogP contribution in [0.15, 0.2) is 12.2 Å². The van der Waals surface area contributed by atoms with E-state index in [-0.39, 0.29) is 0 Å². The molecule has 2 bridgehead atoms. The van der Waals surface area contributed by atoms with Crippen molar-refractivity contribution in [3.8, 4) is 0 Å². The van der Waals surface area contributed by atoms with Crippen LogP contribution in [-0.4, -0.2) is 12.6 Å². The fourth-order valence-electron chi connectivity index (χ4n) is 4.04. The highest BCUT2D eigenvalue weighted by molar-refractivity contribution is 4.96. The maximum absolute atomic E-state index is 4.09. The van der Waals surface area contributed by atoms with Crippen LogP contribution in [0.2, 0.25) is 0 Å². The van der Waals surface area contributed by atoms with Gasteiger partial charge < -0.3 is 5.32 Å². The lowest BCUT2D eigenvalue weighted by atomic mass is 9.83. The van der Waals surface area contributed by atoms with Crippen LogP contribution in [0.3, 0.4) is 0 Å². The molecule has 2 rings (SSSR count). The summed E-state index contributed by atoms with van der Waals surface area (Å²) in [5.74, 6) is 3.17. The summed E-state index contributed by atoms with van der Waals surface area (Å²) in [6.07, 6.45) is 9.91. The average Bonchev–Trinajstić information content (AvgIpc) is 2.86. The van der Waals surface area contributed by atoms with E-state index in [1.807, 2.05) is 0 Å². The third-order valence-electron chi connectivity index (χ3n) is 4.75. The molecule has 98 valence electrons. The monoisotopic (exact) mass is 235 g/mol. The first-order chi connectivity index (χ1) is 8.19. The first-order valence-corrected chi connectivity index (χ1v) is 7.56. The molecule has 1 nitrogen and oxygen atoms in total. The minimum atomic E-state index is 0.691. The Hall–Kier alpha value is -0.300. The Bertz CT molecular complexity index is 258. The summed E-state index contributed by atoms with van der Waals surface area (Å²) in [5, 5.41) is 3.73. The lowest BCUT2D eigenvalue weighted by Crippen LogP contribution is -2.33. The largest absolute Gasteiger partial charge is 0.314 e. The quantitative estimate of drug-likeness (QED) is 0.654. The summed E-state index contributed by atoms with van der Waals surface area (Å²) in [6, 6.07) is 0.691. The van der Waals surface area contributed by atoms with E-state index in [2.05, 4.69) is 25.7 Å². The predicted octanol–water partition coefficient (Wildman–Crippen LogP) is 4.15. The summed E-state index contributed by atoms with van der Waals surface area (Å²) in [5.41, 5.74) is 1.33. The zero-order chi connectivity index (χ0) is 12.3. The summed E-state index contributed by atoms with van der Waals surface area (Å²) >= 11 is 0. The molecule has 0 aromatic rings. The Balaban J connectivity index is 1.81. The summed E-state index contributed by atoms with van der Waals surface area (Å²) in [6.45, 7) is 9.67. The first-order valence-electron chi connectivity index (χ1n) is 7.56. The molecule has 0 radical (unpaired) electrons. The van der Waals surface area contributed by atoms with E-state index >= 15 is 0 Å². The predicted molar refractivity (Wildman–Crippen MR) is 75.1 cm³/mol. The van der Waals surface area contributed by atoms with Gasteiger partial charge in [0.1, 0.15) is 0 Å². The van der Waals surface area contributed by atoms with Crippen molar-refractivity contribution in [3.05, 3.63) is 12.2 Å². The second-order valence-electron chi connectivity index (χ2n) is 6.48. The van der Waals surface area contributed by atoms with Crippen molar-refractivity contribution in [2.24, 2.45) is 17.8 Å². The van der Waals surface area contributed by atoms with E-state index < -0.39 is 0 Å². The third kappa shape index (κ3) is 3.58. The SMILES string of the molecule is C=C(C)CC(CC1CC2CCC1C2)NCCC. The molecule has 0 aromatic carbocycles. The number of hydrogen-bond acceptors (Lipinski definition) is 1. The van der Waals surface area contributed by atoms with Gasteiger partial charge in [-0.1, -0.05) is 18.9 Å². The van der Waals surface area contributed by atoms with Gasteiger partial charge in [-0.25, -0.2) is 0 Å². The van der Waals surface area contributed by atoms with Crippen molar-refractivity contribution in [3.63, 3.8) is 0 Å². The van der Waals surface area contributed by atoms with E-state index in [0.29, 0.717) is 6.04 Å². The average molecular weight is 235 g/mol. The number of rotatable bonds is 7. The van der Waals surface area contributed by atoms with Crippen LogP contribution < -0.4 is 5.32 Å². The van der Waals surface area contributed by atoms with Crippen molar-refractivity contribution in [2.45, 2.75) is 64.8 Å².